The molecule has 1 heterocycles. The highest BCUT2D eigenvalue weighted by Gasteiger charge is 2.13. The van der Waals surface area contributed by atoms with Crippen LogP contribution in [0.4, 0.5) is 0 Å². The third-order valence-electron chi connectivity index (χ3n) is 1.87. The monoisotopic (exact) mass is 152 g/mol. The molecule has 0 N–H and O–H groups in total. The molecule has 0 aliphatic carbocycles. The molecule has 0 bridgehead atoms. The minimum Gasteiger partial charge on any atom is -0.343 e. The van der Waals surface area contributed by atoms with Gasteiger partial charge in [0.1, 0.15) is 0 Å². The van der Waals surface area contributed by atoms with Crippen LogP contribution in [0.2, 0.25) is 0 Å². The Morgan fingerprint density at radius 3 is 2.45 bits per heavy atom. The largest absolute Gasteiger partial charge is 0.343 e. The molecular formula is C8H12N2O. The molecule has 0 aromatic rings. The van der Waals surface area contributed by atoms with Crippen molar-refractivity contribution in [2.24, 2.45) is 0 Å². The van der Waals surface area contributed by atoms with Crippen molar-refractivity contribution < 1.29 is 4.79 Å². The molecule has 1 rings (SSSR count). The maximum absolute atomic E-state index is 10.3. The van der Waals surface area contributed by atoms with E-state index in [4.69, 9.17) is 6.42 Å². The zero-order chi connectivity index (χ0) is 8.10. The molecule has 0 saturated carbocycles. The highest BCUT2D eigenvalue weighted by atomic mass is 16.1. The van der Waals surface area contributed by atoms with E-state index in [1.165, 1.54) is 0 Å². The lowest BCUT2D eigenvalue weighted by atomic mass is 10.3. The third-order valence-corrected chi connectivity index (χ3v) is 1.87. The van der Waals surface area contributed by atoms with E-state index < -0.39 is 0 Å². The Bertz CT molecular complexity index is 165. The van der Waals surface area contributed by atoms with E-state index in [1.54, 1.807) is 4.90 Å². The average molecular weight is 152 g/mol. The molecule has 0 atom stereocenters. The number of hydrogen-bond donors (Lipinski definition) is 0. The fourth-order valence-corrected chi connectivity index (χ4v) is 1.16. The zero-order valence-corrected chi connectivity index (χ0v) is 6.49. The number of piperazine rings is 1. The van der Waals surface area contributed by atoms with E-state index in [9.17, 15) is 4.79 Å². The van der Waals surface area contributed by atoms with Gasteiger partial charge in [0.25, 0.3) is 0 Å². The standard InChI is InChI=1S/C8H12N2O/c1-2-3-9-4-6-10(8-11)7-5-9/h1,8H,3-7H2. The van der Waals surface area contributed by atoms with Gasteiger partial charge in [0, 0.05) is 26.2 Å². The molecule has 3 nitrogen and oxygen atoms in total. The van der Waals surface area contributed by atoms with Crippen LogP contribution in [0.1, 0.15) is 0 Å². The first-order valence-corrected chi connectivity index (χ1v) is 3.72. The number of nitrogens with zero attached hydrogens (tertiary/aromatic N) is 2. The van der Waals surface area contributed by atoms with Crippen molar-refractivity contribution in [3.63, 3.8) is 0 Å². The summed E-state index contributed by atoms with van der Waals surface area (Å²) in [5.41, 5.74) is 0. The first kappa shape index (κ1) is 8.09. The van der Waals surface area contributed by atoms with Gasteiger partial charge in [-0.3, -0.25) is 9.69 Å². The van der Waals surface area contributed by atoms with Crippen LogP contribution in [-0.2, 0) is 4.79 Å². The van der Waals surface area contributed by atoms with Crippen molar-refractivity contribution in [2.45, 2.75) is 0 Å². The number of terminal acetylenes is 1. The number of rotatable bonds is 2. The minimum absolute atomic E-state index is 0.701. The normalized spacial score (nSPS) is 19.4. The predicted molar refractivity (Wildman–Crippen MR) is 42.9 cm³/mol. The van der Waals surface area contributed by atoms with Crippen molar-refractivity contribution in [1.82, 2.24) is 9.80 Å². The van der Waals surface area contributed by atoms with E-state index in [-0.39, 0.29) is 0 Å². The number of amides is 1. The zero-order valence-electron chi connectivity index (χ0n) is 6.49. The number of carbonyl (C=O) groups excluding carboxylic acids is 1. The molecule has 0 aromatic carbocycles. The van der Waals surface area contributed by atoms with Crippen molar-refractivity contribution in [3.05, 3.63) is 0 Å². The van der Waals surface area contributed by atoms with Gasteiger partial charge in [0.15, 0.2) is 0 Å². The van der Waals surface area contributed by atoms with Gasteiger partial charge in [-0.25, -0.2) is 0 Å². The Kier molecular flexibility index (Phi) is 2.94. The highest BCUT2D eigenvalue weighted by Crippen LogP contribution is 1.97. The SMILES string of the molecule is C#CCN1CCN(C=O)CC1. The van der Waals surface area contributed by atoms with Crippen molar-refractivity contribution in [1.29, 1.82) is 0 Å². The third kappa shape index (κ3) is 2.24. The molecule has 0 aromatic heterocycles. The second kappa shape index (κ2) is 3.99. The predicted octanol–water partition coefficient (Wildman–Crippen LogP) is -0.606. The van der Waals surface area contributed by atoms with Gasteiger partial charge in [-0.1, -0.05) is 5.92 Å². The van der Waals surface area contributed by atoms with E-state index in [0.29, 0.717) is 6.54 Å². The van der Waals surface area contributed by atoms with Gasteiger partial charge in [-0.2, -0.15) is 0 Å². The van der Waals surface area contributed by atoms with Gasteiger partial charge < -0.3 is 4.90 Å². The number of carbonyl (C=O) groups is 1. The van der Waals surface area contributed by atoms with Crippen LogP contribution in [-0.4, -0.2) is 48.9 Å². The molecule has 3 heteroatoms. The van der Waals surface area contributed by atoms with Crippen LogP contribution in [0.3, 0.4) is 0 Å². The van der Waals surface area contributed by atoms with Crippen LogP contribution >= 0.6 is 0 Å². The highest BCUT2D eigenvalue weighted by molar-refractivity contribution is 5.47. The second-order valence-electron chi connectivity index (χ2n) is 2.62. The maximum atomic E-state index is 10.3. The van der Waals surface area contributed by atoms with E-state index >= 15 is 0 Å². The van der Waals surface area contributed by atoms with Crippen molar-refractivity contribution >= 4 is 6.41 Å². The van der Waals surface area contributed by atoms with Gasteiger partial charge in [-0.15, -0.1) is 6.42 Å². The summed E-state index contributed by atoms with van der Waals surface area (Å²) in [6.45, 7) is 4.13. The lowest BCUT2D eigenvalue weighted by molar-refractivity contribution is -0.119. The summed E-state index contributed by atoms with van der Waals surface area (Å²) in [7, 11) is 0. The molecule has 0 radical (unpaired) electrons. The summed E-state index contributed by atoms with van der Waals surface area (Å²) in [6.07, 6.45) is 6.05. The Labute approximate surface area is 67.0 Å². The molecule has 60 valence electrons. The average Bonchev–Trinajstić information content (AvgIpc) is 2.07. The molecule has 11 heavy (non-hydrogen) atoms. The quantitative estimate of drug-likeness (QED) is 0.389. The maximum Gasteiger partial charge on any atom is 0.209 e. The van der Waals surface area contributed by atoms with E-state index in [1.807, 2.05) is 0 Å². The fourth-order valence-electron chi connectivity index (χ4n) is 1.16. The van der Waals surface area contributed by atoms with Crippen LogP contribution in [0, 0.1) is 12.3 Å². The van der Waals surface area contributed by atoms with Crippen molar-refractivity contribution in [3.8, 4) is 12.3 Å². The number of hydrogen-bond acceptors (Lipinski definition) is 2. The Balaban J connectivity index is 2.25. The first-order chi connectivity index (χ1) is 5.36. The van der Waals surface area contributed by atoms with Gasteiger partial charge in [0.05, 0.1) is 6.54 Å². The summed E-state index contributed by atoms with van der Waals surface area (Å²) in [5.74, 6) is 2.59. The van der Waals surface area contributed by atoms with Gasteiger partial charge >= 0.3 is 0 Å². The summed E-state index contributed by atoms with van der Waals surface area (Å²) >= 11 is 0. The summed E-state index contributed by atoms with van der Waals surface area (Å²) in [6, 6.07) is 0. The first-order valence-electron chi connectivity index (χ1n) is 3.72. The van der Waals surface area contributed by atoms with Crippen LogP contribution in [0.25, 0.3) is 0 Å². The molecule has 1 fully saturated rings. The summed E-state index contributed by atoms with van der Waals surface area (Å²) in [4.78, 5) is 14.2. The lowest BCUT2D eigenvalue weighted by Crippen LogP contribution is -2.45. The smallest absolute Gasteiger partial charge is 0.209 e. The molecule has 0 unspecified atom stereocenters. The van der Waals surface area contributed by atoms with Gasteiger partial charge in [0.2, 0.25) is 6.41 Å². The fraction of sp³-hybridized carbons (Fsp3) is 0.625. The van der Waals surface area contributed by atoms with Crippen LogP contribution < -0.4 is 0 Å². The van der Waals surface area contributed by atoms with Crippen molar-refractivity contribution in [2.75, 3.05) is 32.7 Å². The van der Waals surface area contributed by atoms with Crippen LogP contribution in [0.15, 0.2) is 0 Å². The van der Waals surface area contributed by atoms with Gasteiger partial charge in [-0.05, 0) is 0 Å². The topological polar surface area (TPSA) is 23.6 Å². The molecular weight excluding hydrogens is 140 g/mol. The Morgan fingerprint density at radius 2 is 2.00 bits per heavy atom. The summed E-state index contributed by atoms with van der Waals surface area (Å²) < 4.78 is 0. The summed E-state index contributed by atoms with van der Waals surface area (Å²) in [5, 5.41) is 0. The lowest BCUT2D eigenvalue weighted by Gasteiger charge is -2.30. The van der Waals surface area contributed by atoms with E-state index in [0.717, 1.165) is 32.6 Å². The Morgan fingerprint density at radius 1 is 1.36 bits per heavy atom. The molecule has 1 saturated heterocycles. The second-order valence-corrected chi connectivity index (χ2v) is 2.62. The minimum atomic E-state index is 0.701. The van der Waals surface area contributed by atoms with Crippen LogP contribution in [0.5, 0.6) is 0 Å². The molecule has 1 aliphatic rings. The van der Waals surface area contributed by atoms with E-state index in [2.05, 4.69) is 10.8 Å². The molecule has 1 aliphatic heterocycles. The molecule has 0 spiro atoms. The Hall–Kier alpha value is -1.01. The molecule has 1 amide bonds.